The summed E-state index contributed by atoms with van der Waals surface area (Å²) in [6.07, 6.45) is 1.32. The monoisotopic (exact) mass is 559 g/mol. The van der Waals surface area contributed by atoms with Gasteiger partial charge in [0.1, 0.15) is 11.6 Å². The molecule has 0 saturated heterocycles. The molecule has 0 atom stereocenters. The van der Waals surface area contributed by atoms with E-state index in [0.717, 1.165) is 21.8 Å². The number of hydrogen-bond donors (Lipinski definition) is 2. The Labute approximate surface area is 239 Å². The second-order valence-electron chi connectivity index (χ2n) is 12.5. The van der Waals surface area contributed by atoms with Crippen LogP contribution in [0.25, 0.3) is 37.9 Å². The van der Waals surface area contributed by atoms with Crippen LogP contribution in [0.15, 0.2) is 60.0 Å². The van der Waals surface area contributed by atoms with Crippen molar-refractivity contribution < 1.29 is 19.3 Å². The van der Waals surface area contributed by atoms with E-state index in [4.69, 9.17) is 9.84 Å². The van der Waals surface area contributed by atoms with E-state index >= 15 is 0 Å². The number of aliphatic hydroxyl groups is 1. The minimum atomic E-state index is -0.395. The van der Waals surface area contributed by atoms with Gasteiger partial charge < -0.3 is 19.5 Å². The third kappa shape index (κ3) is 5.23. The van der Waals surface area contributed by atoms with Gasteiger partial charge in [-0.25, -0.2) is 4.39 Å². The number of thiophene rings is 1. The first-order valence-electron chi connectivity index (χ1n) is 13.8. The summed E-state index contributed by atoms with van der Waals surface area (Å²) >= 11 is 1.37. The summed E-state index contributed by atoms with van der Waals surface area (Å²) in [5.41, 5.74) is 5.67. The first-order chi connectivity index (χ1) is 18.9. The van der Waals surface area contributed by atoms with Crippen molar-refractivity contribution in [2.24, 2.45) is 0 Å². The molecule has 0 aliphatic rings. The summed E-state index contributed by atoms with van der Waals surface area (Å²) in [5.74, 6) is 0.206. The summed E-state index contributed by atoms with van der Waals surface area (Å²) in [4.78, 5) is 0.555. The zero-order chi connectivity index (χ0) is 28.8. The maximum Gasteiger partial charge on any atom is 0.158 e. The Bertz CT molecular complexity index is 1610. The van der Waals surface area contributed by atoms with E-state index in [2.05, 4.69) is 82.5 Å². The second kappa shape index (κ2) is 10.6. The van der Waals surface area contributed by atoms with Gasteiger partial charge >= 0.3 is 0 Å². The minimum Gasteiger partial charge on any atom is -0.504 e. The number of aliphatic hydroxyl groups excluding tert-OH is 1. The number of benzene rings is 3. The van der Waals surface area contributed by atoms with E-state index in [0.29, 0.717) is 41.3 Å². The molecule has 210 valence electrons. The Kier molecular flexibility index (Phi) is 7.45. The molecule has 40 heavy (non-hydrogen) atoms. The maximum atomic E-state index is 14.4. The molecule has 0 bridgehead atoms. The zero-order valence-corrected chi connectivity index (χ0v) is 25.0. The first-order valence-corrected chi connectivity index (χ1v) is 14.7. The van der Waals surface area contributed by atoms with Crippen molar-refractivity contribution >= 4 is 33.1 Å². The second-order valence-corrected chi connectivity index (χ2v) is 13.4. The number of aromatic hydroxyl groups is 1. The average molecular weight is 560 g/mol. The summed E-state index contributed by atoms with van der Waals surface area (Å²) in [6.45, 7) is 13.8. The lowest BCUT2D eigenvalue weighted by Gasteiger charge is -2.19. The molecular formula is C34H38FNO3S. The maximum absolute atomic E-state index is 14.4. The van der Waals surface area contributed by atoms with Crippen molar-refractivity contribution in [1.29, 1.82) is 0 Å². The highest BCUT2D eigenvalue weighted by Gasteiger charge is 2.24. The van der Waals surface area contributed by atoms with Crippen LogP contribution >= 0.6 is 11.3 Å². The Morgan fingerprint density at radius 1 is 0.825 bits per heavy atom. The number of unbranched alkanes of at least 4 members (excludes halogenated alkanes) is 1. The number of halogens is 1. The molecule has 0 saturated carbocycles. The molecule has 0 amide bonds. The SMILES string of the molecule is CC(C)(C)c1ccc2c(c1)c1cc(C(C)(C)C)ccc1n2-c1csc(-c2cc(F)ccc2OCCCCO)c1O. The van der Waals surface area contributed by atoms with Crippen LogP contribution in [-0.2, 0) is 10.8 Å². The third-order valence-corrected chi connectivity index (χ3v) is 8.47. The Morgan fingerprint density at radius 3 is 1.98 bits per heavy atom. The highest BCUT2D eigenvalue weighted by molar-refractivity contribution is 7.14. The van der Waals surface area contributed by atoms with Gasteiger partial charge in [-0.15, -0.1) is 11.3 Å². The number of fused-ring (bicyclic) bond motifs is 3. The molecule has 4 nitrogen and oxygen atoms in total. The number of ether oxygens (including phenoxy) is 1. The van der Waals surface area contributed by atoms with E-state index in [9.17, 15) is 9.50 Å². The summed E-state index contributed by atoms with van der Waals surface area (Å²) in [5, 5.41) is 24.9. The third-order valence-electron chi connectivity index (χ3n) is 7.48. The fraction of sp³-hybridized carbons (Fsp3) is 0.353. The van der Waals surface area contributed by atoms with E-state index in [1.54, 1.807) is 6.07 Å². The smallest absolute Gasteiger partial charge is 0.158 e. The highest BCUT2D eigenvalue weighted by atomic mass is 32.1. The van der Waals surface area contributed by atoms with Crippen LogP contribution in [0, 0.1) is 5.82 Å². The van der Waals surface area contributed by atoms with Gasteiger partial charge in [0.25, 0.3) is 0 Å². The van der Waals surface area contributed by atoms with E-state index in [1.165, 1.54) is 34.6 Å². The van der Waals surface area contributed by atoms with Gasteiger partial charge in [-0.1, -0.05) is 53.7 Å². The summed E-state index contributed by atoms with van der Waals surface area (Å²) in [7, 11) is 0. The van der Waals surface area contributed by atoms with Crippen LogP contribution in [0.4, 0.5) is 4.39 Å². The standard InChI is InChI=1S/C34H38FNO3S/c1-33(2,3)21-9-12-27-24(17-21)25-18-22(34(4,5)6)10-13-28(25)36(27)29-20-40-32(31(29)38)26-19-23(35)11-14-30(26)39-16-8-7-15-37/h9-14,17-20,37-38H,7-8,15-16H2,1-6H3. The summed E-state index contributed by atoms with van der Waals surface area (Å²) in [6, 6.07) is 17.5. The molecule has 0 spiro atoms. The number of nitrogens with zero attached hydrogens (tertiary/aromatic N) is 1. The normalized spacial score (nSPS) is 12.5. The van der Waals surface area contributed by atoms with Gasteiger partial charge in [0.15, 0.2) is 5.75 Å². The van der Waals surface area contributed by atoms with Gasteiger partial charge in [-0.2, -0.15) is 0 Å². The van der Waals surface area contributed by atoms with Crippen molar-refractivity contribution in [3.05, 3.63) is 76.9 Å². The molecule has 2 heterocycles. The molecular weight excluding hydrogens is 521 g/mol. The molecule has 0 unspecified atom stereocenters. The van der Waals surface area contributed by atoms with Crippen molar-refractivity contribution in [3.63, 3.8) is 0 Å². The van der Waals surface area contributed by atoms with Crippen molar-refractivity contribution in [2.75, 3.05) is 13.2 Å². The minimum absolute atomic E-state index is 0.00704. The van der Waals surface area contributed by atoms with Gasteiger partial charge in [0.05, 0.1) is 28.2 Å². The molecule has 2 aromatic heterocycles. The van der Waals surface area contributed by atoms with Crippen LogP contribution < -0.4 is 4.74 Å². The molecule has 6 heteroatoms. The molecule has 0 fully saturated rings. The topological polar surface area (TPSA) is 54.6 Å². The van der Waals surface area contributed by atoms with Crippen LogP contribution in [-0.4, -0.2) is 28.0 Å². The predicted molar refractivity (Wildman–Crippen MR) is 165 cm³/mol. The van der Waals surface area contributed by atoms with Crippen LogP contribution in [0.2, 0.25) is 0 Å². The lowest BCUT2D eigenvalue weighted by atomic mass is 9.85. The van der Waals surface area contributed by atoms with Crippen LogP contribution in [0.5, 0.6) is 11.5 Å². The van der Waals surface area contributed by atoms with E-state index in [1.807, 2.05) is 5.38 Å². The Morgan fingerprint density at radius 2 is 1.43 bits per heavy atom. The largest absolute Gasteiger partial charge is 0.504 e. The lowest BCUT2D eigenvalue weighted by Crippen LogP contribution is -2.10. The Hall–Kier alpha value is -3.35. The quantitative estimate of drug-likeness (QED) is 0.196. The van der Waals surface area contributed by atoms with Crippen molar-refractivity contribution in [1.82, 2.24) is 4.57 Å². The number of aromatic nitrogens is 1. The number of rotatable bonds is 7. The predicted octanol–water partition coefficient (Wildman–Crippen LogP) is 9.10. The fourth-order valence-corrected chi connectivity index (χ4v) is 6.06. The van der Waals surface area contributed by atoms with Gasteiger partial charge in [0, 0.05) is 28.3 Å². The molecule has 5 aromatic rings. The Balaban J connectivity index is 1.70. The fourth-order valence-electron chi connectivity index (χ4n) is 5.11. The highest BCUT2D eigenvalue weighted by Crippen LogP contribution is 2.47. The van der Waals surface area contributed by atoms with Gasteiger partial charge in [-0.05, 0) is 77.3 Å². The number of hydrogen-bond acceptors (Lipinski definition) is 4. The van der Waals surface area contributed by atoms with Crippen LogP contribution in [0.1, 0.15) is 65.5 Å². The van der Waals surface area contributed by atoms with Gasteiger partial charge in [0.2, 0.25) is 0 Å². The van der Waals surface area contributed by atoms with E-state index in [-0.39, 0.29) is 23.2 Å². The lowest BCUT2D eigenvalue weighted by molar-refractivity contribution is 0.253. The molecule has 0 radical (unpaired) electrons. The van der Waals surface area contributed by atoms with E-state index < -0.39 is 5.82 Å². The molecule has 5 rings (SSSR count). The molecule has 2 N–H and O–H groups in total. The first kappa shape index (κ1) is 28.2. The molecule has 0 aliphatic carbocycles. The van der Waals surface area contributed by atoms with Crippen molar-refractivity contribution in [2.45, 2.75) is 65.2 Å². The molecule has 3 aromatic carbocycles. The summed E-state index contributed by atoms with van der Waals surface area (Å²) < 4.78 is 22.5. The van der Waals surface area contributed by atoms with Crippen LogP contribution in [0.3, 0.4) is 0 Å². The zero-order valence-electron chi connectivity index (χ0n) is 24.1. The van der Waals surface area contributed by atoms with Crippen molar-refractivity contribution in [3.8, 4) is 27.6 Å². The van der Waals surface area contributed by atoms with Gasteiger partial charge in [-0.3, -0.25) is 0 Å². The average Bonchev–Trinajstić information content (AvgIpc) is 3.42. The molecule has 0 aliphatic heterocycles.